The van der Waals surface area contributed by atoms with E-state index in [-0.39, 0.29) is 34.6 Å². The van der Waals surface area contributed by atoms with E-state index in [9.17, 15) is 14.4 Å². The summed E-state index contributed by atoms with van der Waals surface area (Å²) >= 11 is 0. The number of fused-ring (bicyclic) bond motifs is 3. The minimum Gasteiger partial charge on any atom is -0.462 e. The summed E-state index contributed by atoms with van der Waals surface area (Å²) in [7, 11) is 0. The van der Waals surface area contributed by atoms with Crippen LogP contribution in [0.1, 0.15) is 99.0 Å². The van der Waals surface area contributed by atoms with Gasteiger partial charge in [0.05, 0.1) is 23.4 Å². The first-order valence-electron chi connectivity index (χ1n) is 17.0. The summed E-state index contributed by atoms with van der Waals surface area (Å²) in [5.74, 6) is 2.55. The van der Waals surface area contributed by atoms with E-state index in [0.29, 0.717) is 53.3 Å². The van der Waals surface area contributed by atoms with Crippen LogP contribution in [0.3, 0.4) is 0 Å². The molecule has 0 saturated heterocycles. The standard InChI is InChI=1S/C38H50N2O4/c1-23(2)24(3)13-14-25(4)33-17-18-34-27(10-9-19-38(33,34)6)20-35-32-21-29(44-26(5)41)16-15-28(32)22-39-36(42)30-11-7-8-12-31(30)37(43)40(35)39/h7-8,11-14,20,23-25,29,33-35H,9-10,15-19,21-22H2,1-6H3/b14-13+,27-20+/t24-,25+,29+,33+,34+,35-,38+/m0/s1. The van der Waals surface area contributed by atoms with Crippen molar-refractivity contribution in [2.45, 2.75) is 112 Å². The molecule has 6 heteroatoms. The van der Waals surface area contributed by atoms with Crippen molar-refractivity contribution in [1.29, 1.82) is 0 Å². The average Bonchev–Trinajstić information content (AvgIpc) is 3.36. The molecule has 2 aromatic rings. The van der Waals surface area contributed by atoms with Crippen molar-refractivity contribution >= 4 is 16.7 Å². The zero-order valence-corrected chi connectivity index (χ0v) is 27.5. The monoisotopic (exact) mass is 598 g/mol. The number of carbonyl (C=O) groups excluding carboxylic acids is 1. The van der Waals surface area contributed by atoms with E-state index in [1.165, 1.54) is 37.3 Å². The summed E-state index contributed by atoms with van der Waals surface area (Å²) in [5.41, 5.74) is 3.80. The highest BCUT2D eigenvalue weighted by Crippen LogP contribution is 2.60. The van der Waals surface area contributed by atoms with Crippen molar-refractivity contribution < 1.29 is 9.53 Å². The highest BCUT2D eigenvalue weighted by molar-refractivity contribution is 5.80. The van der Waals surface area contributed by atoms with Crippen LogP contribution in [0.2, 0.25) is 0 Å². The van der Waals surface area contributed by atoms with Crippen molar-refractivity contribution in [3.63, 3.8) is 0 Å². The fourth-order valence-corrected chi connectivity index (χ4v) is 9.14. The Hall–Kier alpha value is -3.15. The van der Waals surface area contributed by atoms with E-state index in [1.54, 1.807) is 21.5 Å². The van der Waals surface area contributed by atoms with Gasteiger partial charge in [-0.3, -0.25) is 14.4 Å². The van der Waals surface area contributed by atoms with Gasteiger partial charge < -0.3 is 4.74 Å². The molecule has 0 bridgehead atoms. The fourth-order valence-electron chi connectivity index (χ4n) is 9.14. The number of aromatic nitrogens is 2. The lowest BCUT2D eigenvalue weighted by Gasteiger charge is -2.45. The topological polar surface area (TPSA) is 70.3 Å². The SMILES string of the molecule is CC(=O)O[C@@H]1CCC2=C(C1)[C@H](/C=C1\CCC[C@@]3(C)[C@@H]1CC[C@@H]3[C@H](C)/C=C/[C@H](C)C(C)C)n1c(=O)c3ccccc3c(=O)n1C2. The zero-order chi connectivity index (χ0) is 31.3. The molecule has 0 radical (unpaired) electrons. The maximum absolute atomic E-state index is 14.2. The van der Waals surface area contributed by atoms with Crippen LogP contribution in [-0.4, -0.2) is 21.4 Å². The van der Waals surface area contributed by atoms with E-state index in [2.05, 4.69) is 52.8 Å². The van der Waals surface area contributed by atoms with E-state index >= 15 is 0 Å². The van der Waals surface area contributed by atoms with Gasteiger partial charge >= 0.3 is 5.97 Å². The van der Waals surface area contributed by atoms with Gasteiger partial charge in [0.25, 0.3) is 11.1 Å². The third-order valence-electron chi connectivity index (χ3n) is 11.9. The fraction of sp³-hybridized carbons (Fsp3) is 0.605. The Labute approximate surface area is 261 Å². The molecular formula is C38H50N2O4. The maximum atomic E-state index is 14.2. The van der Waals surface area contributed by atoms with Crippen LogP contribution in [0.5, 0.6) is 0 Å². The second-order valence-corrected chi connectivity index (χ2v) is 14.8. The minimum absolute atomic E-state index is 0.108. The summed E-state index contributed by atoms with van der Waals surface area (Å²) in [5, 5.41) is 0.953. The average molecular weight is 599 g/mol. The molecule has 4 aliphatic rings. The smallest absolute Gasteiger partial charge is 0.302 e. The van der Waals surface area contributed by atoms with Gasteiger partial charge in [-0.25, -0.2) is 9.36 Å². The highest BCUT2D eigenvalue weighted by atomic mass is 16.5. The van der Waals surface area contributed by atoms with Crippen molar-refractivity contribution in [2.24, 2.45) is 35.0 Å². The number of esters is 1. The number of nitrogens with zero attached hydrogens (tertiary/aromatic N) is 2. The quantitative estimate of drug-likeness (QED) is 0.252. The third-order valence-corrected chi connectivity index (χ3v) is 11.9. The summed E-state index contributed by atoms with van der Waals surface area (Å²) in [6.45, 7) is 13.7. The Morgan fingerprint density at radius 2 is 1.73 bits per heavy atom. The Bertz CT molecular complexity index is 1650. The van der Waals surface area contributed by atoms with Crippen LogP contribution in [-0.2, 0) is 16.1 Å². The molecule has 0 N–H and O–H groups in total. The molecule has 2 fully saturated rings. The molecule has 44 heavy (non-hydrogen) atoms. The molecule has 0 unspecified atom stereocenters. The lowest BCUT2D eigenvalue weighted by Crippen LogP contribution is -2.46. The van der Waals surface area contributed by atoms with Gasteiger partial charge in [0.2, 0.25) is 0 Å². The first-order chi connectivity index (χ1) is 21.0. The van der Waals surface area contributed by atoms with Crippen LogP contribution < -0.4 is 11.1 Å². The Kier molecular flexibility index (Phi) is 8.40. The molecular weight excluding hydrogens is 548 g/mol. The van der Waals surface area contributed by atoms with Gasteiger partial charge in [-0.2, -0.15) is 0 Å². The van der Waals surface area contributed by atoms with E-state index in [4.69, 9.17) is 4.74 Å². The third kappa shape index (κ3) is 5.37. The summed E-state index contributed by atoms with van der Waals surface area (Å²) in [6.07, 6.45) is 15.0. The zero-order valence-electron chi connectivity index (χ0n) is 27.5. The van der Waals surface area contributed by atoms with E-state index in [1.807, 2.05) is 12.1 Å². The summed E-state index contributed by atoms with van der Waals surface area (Å²) in [4.78, 5) is 39.9. The molecule has 2 saturated carbocycles. The Balaban J connectivity index is 1.42. The summed E-state index contributed by atoms with van der Waals surface area (Å²) < 4.78 is 9.15. The van der Waals surface area contributed by atoms with Crippen molar-refractivity contribution in [1.82, 2.24) is 9.36 Å². The van der Waals surface area contributed by atoms with Crippen LogP contribution in [0, 0.1) is 35.0 Å². The van der Waals surface area contributed by atoms with E-state index < -0.39 is 0 Å². The van der Waals surface area contributed by atoms with Crippen LogP contribution in [0.4, 0.5) is 0 Å². The Morgan fingerprint density at radius 1 is 1.00 bits per heavy atom. The van der Waals surface area contributed by atoms with Gasteiger partial charge in [0.15, 0.2) is 0 Å². The predicted molar refractivity (Wildman–Crippen MR) is 176 cm³/mol. The molecule has 1 aliphatic heterocycles. The maximum Gasteiger partial charge on any atom is 0.302 e. The van der Waals surface area contributed by atoms with Gasteiger partial charge in [-0.15, -0.1) is 0 Å². The first-order valence-corrected chi connectivity index (χ1v) is 17.0. The van der Waals surface area contributed by atoms with E-state index in [0.717, 1.165) is 31.3 Å². The lowest BCUT2D eigenvalue weighted by molar-refractivity contribution is -0.146. The van der Waals surface area contributed by atoms with Gasteiger partial charge in [-0.1, -0.05) is 70.6 Å². The Morgan fingerprint density at radius 3 is 2.43 bits per heavy atom. The molecule has 7 atom stereocenters. The van der Waals surface area contributed by atoms with Crippen molar-refractivity contribution in [3.8, 4) is 0 Å². The lowest BCUT2D eigenvalue weighted by atomic mass is 9.61. The molecule has 6 rings (SSSR count). The van der Waals surface area contributed by atoms with Gasteiger partial charge in [-0.05, 0) is 103 Å². The van der Waals surface area contributed by atoms with Crippen LogP contribution in [0.25, 0.3) is 10.8 Å². The number of rotatable bonds is 6. The second kappa shape index (κ2) is 12.0. The highest BCUT2D eigenvalue weighted by Gasteiger charge is 2.50. The second-order valence-electron chi connectivity index (χ2n) is 14.8. The van der Waals surface area contributed by atoms with Gasteiger partial charge in [0, 0.05) is 13.3 Å². The first kappa shape index (κ1) is 30.9. The largest absolute Gasteiger partial charge is 0.462 e. The number of carbonyl (C=O) groups is 1. The molecule has 2 heterocycles. The number of allylic oxidation sites excluding steroid dienone is 5. The summed E-state index contributed by atoms with van der Waals surface area (Å²) in [6, 6.07) is 6.86. The van der Waals surface area contributed by atoms with Crippen molar-refractivity contribution in [3.05, 3.63) is 79.9 Å². The van der Waals surface area contributed by atoms with Crippen molar-refractivity contribution in [2.75, 3.05) is 0 Å². The van der Waals surface area contributed by atoms with Crippen LogP contribution in [0.15, 0.2) is 68.8 Å². The van der Waals surface area contributed by atoms with Crippen LogP contribution >= 0.6 is 0 Å². The molecule has 3 aliphatic carbocycles. The minimum atomic E-state index is -0.345. The molecule has 236 valence electrons. The molecule has 1 aromatic heterocycles. The number of hydrogen-bond donors (Lipinski definition) is 0. The predicted octanol–water partition coefficient (Wildman–Crippen LogP) is 7.76. The number of ether oxygens (including phenoxy) is 1. The molecule has 0 spiro atoms. The molecule has 6 nitrogen and oxygen atoms in total. The molecule has 0 amide bonds. The number of benzene rings is 1. The molecule has 1 aromatic carbocycles. The van der Waals surface area contributed by atoms with Gasteiger partial charge in [0.1, 0.15) is 6.10 Å². The number of hydrogen-bond acceptors (Lipinski definition) is 4. The normalized spacial score (nSPS) is 30.8.